The summed E-state index contributed by atoms with van der Waals surface area (Å²) in [5, 5.41) is 3.23. The topological polar surface area (TPSA) is 39.7 Å². The third kappa shape index (κ3) is 7.74. The summed E-state index contributed by atoms with van der Waals surface area (Å²) in [5.41, 5.74) is -2.14. The average Bonchev–Trinajstić information content (AvgIpc) is 2.90. The van der Waals surface area contributed by atoms with E-state index >= 15 is 0 Å². The van der Waals surface area contributed by atoms with Gasteiger partial charge in [-0.1, -0.05) is 25.5 Å². The first-order chi connectivity index (χ1) is 19.7. The van der Waals surface area contributed by atoms with Crippen LogP contribution >= 0.6 is 0 Å². The van der Waals surface area contributed by atoms with Crippen molar-refractivity contribution in [2.45, 2.75) is 76.9 Å². The summed E-state index contributed by atoms with van der Waals surface area (Å²) in [6.07, 6.45) is -10.0. The Bertz CT molecular complexity index is 1340. The lowest BCUT2D eigenvalue weighted by Gasteiger charge is -2.44. The van der Waals surface area contributed by atoms with Crippen LogP contribution in [0.15, 0.2) is 60.7 Å². The van der Waals surface area contributed by atoms with Gasteiger partial charge in [0.05, 0.1) is 17.7 Å². The third-order valence-corrected chi connectivity index (χ3v) is 6.91. The van der Waals surface area contributed by atoms with Crippen molar-refractivity contribution in [1.82, 2.24) is 0 Å². The van der Waals surface area contributed by atoms with Gasteiger partial charge in [0, 0.05) is 24.4 Å². The van der Waals surface area contributed by atoms with Gasteiger partial charge >= 0.3 is 12.4 Å². The highest BCUT2D eigenvalue weighted by atomic mass is 19.4. The highest BCUT2D eigenvalue weighted by Crippen LogP contribution is 2.45. The number of alkyl halides is 6. The second-order valence-electron chi connectivity index (χ2n) is 10.7. The van der Waals surface area contributed by atoms with Gasteiger partial charge in [-0.2, -0.15) is 26.3 Å². The zero-order valence-electron chi connectivity index (χ0n) is 23.3. The van der Waals surface area contributed by atoms with Crippen LogP contribution in [-0.2, 0) is 35.0 Å². The third-order valence-electron chi connectivity index (χ3n) is 6.91. The van der Waals surface area contributed by atoms with Gasteiger partial charge in [0.2, 0.25) is 0 Å². The van der Waals surface area contributed by atoms with Crippen molar-refractivity contribution in [2.24, 2.45) is 0 Å². The van der Waals surface area contributed by atoms with E-state index in [1.54, 1.807) is 44.2 Å². The lowest BCUT2D eigenvalue weighted by molar-refractivity contribution is -0.168. The minimum atomic E-state index is -4.97. The molecule has 11 heteroatoms. The van der Waals surface area contributed by atoms with Crippen molar-refractivity contribution >= 4 is 5.69 Å². The normalized spacial score (nSPS) is 18.3. The number of unbranched alkanes of at least 4 members (excludes halogenated alkanes) is 1. The fourth-order valence-corrected chi connectivity index (χ4v) is 4.80. The summed E-state index contributed by atoms with van der Waals surface area (Å²) in [7, 11) is 0. The Balaban J connectivity index is 1.63. The molecule has 0 spiro atoms. The van der Waals surface area contributed by atoms with Crippen molar-refractivity contribution in [3.05, 3.63) is 94.3 Å². The summed E-state index contributed by atoms with van der Waals surface area (Å²) in [4.78, 5) is 0. The lowest BCUT2D eigenvalue weighted by Crippen LogP contribution is -2.51. The predicted molar refractivity (Wildman–Crippen MR) is 143 cm³/mol. The van der Waals surface area contributed by atoms with Crippen LogP contribution in [0.4, 0.5) is 36.4 Å². The molecule has 0 saturated heterocycles. The fraction of sp³-hybridized carbons (Fsp3) is 0.419. The van der Waals surface area contributed by atoms with Crippen LogP contribution in [0.3, 0.4) is 0 Å². The molecule has 0 saturated carbocycles. The van der Waals surface area contributed by atoms with Crippen molar-refractivity contribution < 1.29 is 44.9 Å². The second kappa shape index (κ2) is 12.5. The second-order valence-corrected chi connectivity index (χ2v) is 10.7. The molecule has 4 nitrogen and oxygen atoms in total. The molecule has 3 aromatic carbocycles. The maximum absolute atomic E-state index is 13.6. The van der Waals surface area contributed by atoms with E-state index in [4.69, 9.17) is 14.2 Å². The van der Waals surface area contributed by atoms with Gasteiger partial charge in [-0.15, -0.1) is 0 Å². The molecule has 1 N–H and O–H groups in total. The van der Waals surface area contributed by atoms with Crippen LogP contribution in [0.1, 0.15) is 67.5 Å². The van der Waals surface area contributed by atoms with E-state index in [2.05, 4.69) is 5.32 Å². The highest BCUT2D eigenvalue weighted by Gasteiger charge is 2.46. The standard InChI is InChI=1S/C31H32F7NO3/c1-4-5-11-40-27-25-16-24(39-17-19-7-6-8-23(32)14-19)9-10-26(25)42-29(2,3)28(27)41-18-20-12-21(30(33,34)35)15-22(13-20)31(36,37)38/h6-10,12-16,27-28,39H,4-5,11,17-18H2,1-3H3. The molecule has 1 aliphatic rings. The number of ether oxygens (including phenoxy) is 3. The van der Waals surface area contributed by atoms with E-state index in [-0.39, 0.29) is 17.4 Å². The van der Waals surface area contributed by atoms with Crippen LogP contribution in [-0.4, -0.2) is 18.3 Å². The Morgan fingerprint density at radius 3 is 2.17 bits per heavy atom. The molecular weight excluding hydrogens is 567 g/mol. The predicted octanol–water partition coefficient (Wildman–Crippen LogP) is 9.09. The Kier molecular flexibility index (Phi) is 9.42. The number of rotatable bonds is 10. The Morgan fingerprint density at radius 1 is 0.857 bits per heavy atom. The maximum atomic E-state index is 13.6. The molecule has 228 valence electrons. The molecule has 2 unspecified atom stereocenters. The van der Waals surface area contributed by atoms with E-state index in [0.29, 0.717) is 42.3 Å². The largest absolute Gasteiger partial charge is 0.485 e. The van der Waals surface area contributed by atoms with Gasteiger partial charge in [0.25, 0.3) is 0 Å². The summed E-state index contributed by atoms with van der Waals surface area (Å²) in [5.74, 6) is 0.152. The molecule has 4 rings (SSSR count). The van der Waals surface area contributed by atoms with Gasteiger partial charge in [0.15, 0.2) is 0 Å². The van der Waals surface area contributed by atoms with Crippen molar-refractivity contribution in [1.29, 1.82) is 0 Å². The molecule has 0 radical (unpaired) electrons. The number of halogens is 7. The molecule has 1 aliphatic heterocycles. The SMILES string of the molecule is CCCCOC1c2cc(NCc3cccc(F)c3)ccc2OC(C)(C)C1OCc1cc(C(F)(F)F)cc(C(F)(F)F)c1. The van der Waals surface area contributed by atoms with Crippen molar-refractivity contribution in [2.75, 3.05) is 11.9 Å². The van der Waals surface area contributed by atoms with E-state index < -0.39 is 47.9 Å². The number of hydrogen-bond acceptors (Lipinski definition) is 4. The molecule has 0 fully saturated rings. The van der Waals surface area contributed by atoms with Crippen LogP contribution in [0.5, 0.6) is 5.75 Å². The Labute approximate surface area is 239 Å². The quantitative estimate of drug-likeness (QED) is 0.186. The zero-order valence-corrected chi connectivity index (χ0v) is 23.3. The molecular formula is C31H32F7NO3. The first-order valence-electron chi connectivity index (χ1n) is 13.5. The molecule has 2 atom stereocenters. The van der Waals surface area contributed by atoms with Crippen LogP contribution in [0.25, 0.3) is 0 Å². The van der Waals surface area contributed by atoms with Crippen LogP contribution in [0, 0.1) is 5.82 Å². The molecule has 3 aromatic rings. The van der Waals surface area contributed by atoms with Gasteiger partial charge in [-0.05, 0) is 79.9 Å². The maximum Gasteiger partial charge on any atom is 0.416 e. The van der Waals surface area contributed by atoms with E-state index in [0.717, 1.165) is 18.4 Å². The average molecular weight is 600 g/mol. The molecule has 1 heterocycles. The van der Waals surface area contributed by atoms with Gasteiger partial charge in [-0.3, -0.25) is 0 Å². The molecule has 42 heavy (non-hydrogen) atoms. The number of anilines is 1. The monoisotopic (exact) mass is 599 g/mol. The first kappa shape index (κ1) is 31.6. The number of nitrogens with one attached hydrogen (secondary N) is 1. The number of fused-ring (bicyclic) bond motifs is 1. The minimum absolute atomic E-state index is 0.0857. The Hall–Kier alpha value is -3.31. The van der Waals surface area contributed by atoms with Crippen LogP contribution in [0.2, 0.25) is 0 Å². The molecule has 0 aliphatic carbocycles. The van der Waals surface area contributed by atoms with Gasteiger partial charge in [0.1, 0.15) is 29.4 Å². The smallest absolute Gasteiger partial charge is 0.416 e. The summed E-state index contributed by atoms with van der Waals surface area (Å²) >= 11 is 0. The van der Waals surface area contributed by atoms with Gasteiger partial charge in [-0.25, -0.2) is 4.39 Å². The van der Waals surface area contributed by atoms with Gasteiger partial charge < -0.3 is 19.5 Å². The number of hydrogen-bond donors (Lipinski definition) is 1. The van der Waals surface area contributed by atoms with Crippen molar-refractivity contribution in [3.8, 4) is 5.75 Å². The lowest BCUT2D eigenvalue weighted by atomic mass is 9.87. The van der Waals surface area contributed by atoms with E-state index in [1.807, 2.05) is 6.92 Å². The zero-order chi connectivity index (χ0) is 30.7. The molecule has 0 aromatic heterocycles. The molecule has 0 amide bonds. The fourth-order valence-electron chi connectivity index (χ4n) is 4.80. The minimum Gasteiger partial charge on any atom is -0.485 e. The summed E-state index contributed by atoms with van der Waals surface area (Å²) in [6.45, 7) is 5.57. The highest BCUT2D eigenvalue weighted by molar-refractivity contribution is 5.54. The summed E-state index contributed by atoms with van der Waals surface area (Å²) < 4.78 is 113. The van der Waals surface area contributed by atoms with E-state index in [9.17, 15) is 30.7 Å². The van der Waals surface area contributed by atoms with Crippen molar-refractivity contribution in [3.63, 3.8) is 0 Å². The Morgan fingerprint density at radius 2 is 1.55 bits per heavy atom. The van der Waals surface area contributed by atoms with Crippen LogP contribution < -0.4 is 10.1 Å². The van der Waals surface area contributed by atoms with E-state index in [1.165, 1.54) is 12.1 Å². The first-order valence-corrected chi connectivity index (χ1v) is 13.5. The summed E-state index contributed by atoms with van der Waals surface area (Å²) in [6, 6.07) is 12.9. The molecule has 0 bridgehead atoms. The number of benzene rings is 3.